The second-order valence-electron chi connectivity index (χ2n) is 5.10. The molecule has 2 rings (SSSR count). The van der Waals surface area contributed by atoms with Gasteiger partial charge in [0.15, 0.2) is 11.6 Å². The maximum Gasteiger partial charge on any atom is 0.337 e. The van der Waals surface area contributed by atoms with E-state index in [1.807, 2.05) is 0 Å². The Bertz CT molecular complexity index is 557. The number of benzene rings is 1. The van der Waals surface area contributed by atoms with Crippen molar-refractivity contribution in [3.63, 3.8) is 0 Å². The van der Waals surface area contributed by atoms with Crippen molar-refractivity contribution < 1.29 is 23.5 Å². The molecule has 1 aliphatic carbocycles. The van der Waals surface area contributed by atoms with E-state index in [0.717, 1.165) is 25.7 Å². The number of carboxylic acids is 1. The SMILES string of the molecule is O=C(NCC1CCCC1)Nc1cc(F)c(F)cc1C(=O)O. The summed E-state index contributed by atoms with van der Waals surface area (Å²) < 4.78 is 26.2. The van der Waals surface area contributed by atoms with Crippen LogP contribution in [0.4, 0.5) is 19.3 Å². The normalized spacial score (nSPS) is 15.0. The molecule has 0 saturated heterocycles. The Labute approximate surface area is 120 Å². The highest BCUT2D eigenvalue weighted by atomic mass is 19.2. The molecule has 0 radical (unpaired) electrons. The molecule has 0 unspecified atom stereocenters. The average Bonchev–Trinajstić information content (AvgIpc) is 2.93. The van der Waals surface area contributed by atoms with Crippen molar-refractivity contribution >= 4 is 17.7 Å². The lowest BCUT2D eigenvalue weighted by atomic mass is 10.1. The van der Waals surface area contributed by atoms with Crippen molar-refractivity contribution in [1.82, 2.24) is 5.32 Å². The number of amides is 2. The number of rotatable bonds is 4. The van der Waals surface area contributed by atoms with Crippen molar-refractivity contribution in [3.05, 3.63) is 29.3 Å². The molecule has 0 aliphatic heterocycles. The van der Waals surface area contributed by atoms with Gasteiger partial charge < -0.3 is 15.7 Å². The van der Waals surface area contributed by atoms with E-state index in [1.54, 1.807) is 0 Å². The Kier molecular flexibility index (Phi) is 4.72. The van der Waals surface area contributed by atoms with Crippen LogP contribution in [0.2, 0.25) is 0 Å². The minimum atomic E-state index is -1.44. The fraction of sp³-hybridized carbons (Fsp3) is 0.429. The first-order chi connectivity index (χ1) is 9.97. The second-order valence-corrected chi connectivity index (χ2v) is 5.10. The molecule has 3 N–H and O–H groups in total. The minimum Gasteiger partial charge on any atom is -0.478 e. The van der Waals surface area contributed by atoms with Gasteiger partial charge in [-0.2, -0.15) is 0 Å². The molecule has 2 amide bonds. The van der Waals surface area contributed by atoms with Crippen LogP contribution in [0.15, 0.2) is 12.1 Å². The Morgan fingerprint density at radius 1 is 1.19 bits per heavy atom. The van der Waals surface area contributed by atoms with E-state index >= 15 is 0 Å². The average molecular weight is 298 g/mol. The zero-order valence-electron chi connectivity index (χ0n) is 11.3. The van der Waals surface area contributed by atoms with E-state index < -0.39 is 29.2 Å². The van der Waals surface area contributed by atoms with E-state index in [2.05, 4.69) is 10.6 Å². The Hall–Kier alpha value is -2.18. The first-order valence-electron chi connectivity index (χ1n) is 6.74. The van der Waals surface area contributed by atoms with Crippen molar-refractivity contribution in [3.8, 4) is 0 Å². The maximum absolute atomic E-state index is 13.2. The van der Waals surface area contributed by atoms with E-state index in [0.29, 0.717) is 24.6 Å². The highest BCUT2D eigenvalue weighted by Gasteiger charge is 2.19. The molecule has 1 aliphatic rings. The van der Waals surface area contributed by atoms with Crippen molar-refractivity contribution in [2.24, 2.45) is 5.92 Å². The third-order valence-electron chi connectivity index (χ3n) is 3.57. The molecular formula is C14H16F2N2O3. The monoisotopic (exact) mass is 298 g/mol. The van der Waals surface area contributed by atoms with Gasteiger partial charge in [0, 0.05) is 12.6 Å². The summed E-state index contributed by atoms with van der Waals surface area (Å²) in [6.45, 7) is 0.484. The highest BCUT2D eigenvalue weighted by molar-refractivity contribution is 6.00. The van der Waals surface area contributed by atoms with Gasteiger partial charge in [0.25, 0.3) is 0 Å². The molecule has 0 heterocycles. The third kappa shape index (κ3) is 3.90. The topological polar surface area (TPSA) is 78.4 Å². The maximum atomic E-state index is 13.2. The van der Waals surface area contributed by atoms with Crippen LogP contribution < -0.4 is 10.6 Å². The van der Waals surface area contributed by atoms with Gasteiger partial charge in [0.1, 0.15) is 0 Å². The van der Waals surface area contributed by atoms with Crippen LogP contribution in [-0.4, -0.2) is 23.7 Å². The molecule has 1 saturated carbocycles. The molecule has 1 aromatic carbocycles. The Morgan fingerprint density at radius 3 is 2.43 bits per heavy atom. The molecule has 5 nitrogen and oxygen atoms in total. The first-order valence-corrected chi connectivity index (χ1v) is 6.74. The van der Waals surface area contributed by atoms with Crippen LogP contribution >= 0.6 is 0 Å². The number of anilines is 1. The molecule has 1 fully saturated rings. The number of carbonyl (C=O) groups is 2. The summed E-state index contributed by atoms with van der Waals surface area (Å²) in [7, 11) is 0. The summed E-state index contributed by atoms with van der Waals surface area (Å²) in [4.78, 5) is 22.7. The Balaban J connectivity index is 2.02. The molecule has 0 spiro atoms. The lowest BCUT2D eigenvalue weighted by molar-refractivity contribution is 0.0697. The quantitative estimate of drug-likeness (QED) is 0.799. The third-order valence-corrected chi connectivity index (χ3v) is 3.57. The minimum absolute atomic E-state index is 0.273. The van der Waals surface area contributed by atoms with Crippen LogP contribution in [0.25, 0.3) is 0 Å². The lowest BCUT2D eigenvalue weighted by Crippen LogP contribution is -2.33. The molecule has 21 heavy (non-hydrogen) atoms. The van der Waals surface area contributed by atoms with Crippen molar-refractivity contribution in [2.75, 3.05) is 11.9 Å². The number of carboxylic acid groups (broad SMARTS) is 1. The predicted octanol–water partition coefficient (Wildman–Crippen LogP) is 2.97. The zero-order chi connectivity index (χ0) is 15.4. The highest BCUT2D eigenvalue weighted by Crippen LogP contribution is 2.24. The fourth-order valence-corrected chi connectivity index (χ4v) is 2.45. The predicted molar refractivity (Wildman–Crippen MR) is 72.3 cm³/mol. The number of urea groups is 1. The molecule has 0 aromatic heterocycles. The lowest BCUT2D eigenvalue weighted by Gasteiger charge is -2.13. The van der Waals surface area contributed by atoms with Crippen LogP contribution in [0.3, 0.4) is 0 Å². The number of halogens is 2. The van der Waals surface area contributed by atoms with Crippen LogP contribution in [0, 0.1) is 17.6 Å². The summed E-state index contributed by atoms with van der Waals surface area (Å²) >= 11 is 0. The largest absolute Gasteiger partial charge is 0.478 e. The van der Waals surface area contributed by atoms with Crippen LogP contribution in [-0.2, 0) is 0 Å². The van der Waals surface area contributed by atoms with Crippen molar-refractivity contribution in [2.45, 2.75) is 25.7 Å². The van der Waals surface area contributed by atoms with Gasteiger partial charge in [-0.1, -0.05) is 12.8 Å². The van der Waals surface area contributed by atoms with Gasteiger partial charge in [-0.25, -0.2) is 18.4 Å². The molecule has 1 aromatic rings. The van der Waals surface area contributed by atoms with E-state index in [9.17, 15) is 18.4 Å². The first kappa shape index (κ1) is 15.2. The molecule has 0 bridgehead atoms. The molecular weight excluding hydrogens is 282 g/mol. The van der Waals surface area contributed by atoms with Gasteiger partial charge in [0.05, 0.1) is 11.3 Å². The summed E-state index contributed by atoms with van der Waals surface area (Å²) in [5.41, 5.74) is -0.768. The van der Waals surface area contributed by atoms with Crippen molar-refractivity contribution in [1.29, 1.82) is 0 Å². The van der Waals surface area contributed by atoms with Crippen LogP contribution in [0.1, 0.15) is 36.0 Å². The second kappa shape index (κ2) is 6.51. The van der Waals surface area contributed by atoms with Gasteiger partial charge in [-0.3, -0.25) is 0 Å². The van der Waals surface area contributed by atoms with Gasteiger partial charge in [-0.15, -0.1) is 0 Å². The standard InChI is InChI=1S/C14H16F2N2O3/c15-10-5-9(13(19)20)12(6-11(10)16)18-14(21)17-7-8-3-1-2-4-8/h5-6,8H,1-4,7H2,(H,19,20)(H2,17,18,21). The Morgan fingerprint density at radius 2 is 1.81 bits per heavy atom. The fourth-order valence-electron chi connectivity index (χ4n) is 2.45. The molecule has 114 valence electrons. The summed E-state index contributed by atoms with van der Waals surface area (Å²) in [6, 6.07) is 0.577. The van der Waals surface area contributed by atoms with Gasteiger partial charge in [-0.05, 0) is 24.8 Å². The van der Waals surface area contributed by atoms with E-state index in [-0.39, 0.29) is 5.69 Å². The van der Waals surface area contributed by atoms with E-state index in [4.69, 9.17) is 5.11 Å². The smallest absolute Gasteiger partial charge is 0.337 e. The van der Waals surface area contributed by atoms with Crippen LogP contribution in [0.5, 0.6) is 0 Å². The van der Waals surface area contributed by atoms with E-state index in [1.165, 1.54) is 0 Å². The molecule has 0 atom stereocenters. The zero-order valence-corrected chi connectivity index (χ0v) is 11.3. The summed E-state index contributed by atoms with van der Waals surface area (Å²) in [5.74, 6) is -3.52. The number of hydrogen-bond acceptors (Lipinski definition) is 2. The molecule has 7 heteroatoms. The number of carbonyl (C=O) groups excluding carboxylic acids is 1. The number of nitrogens with one attached hydrogen (secondary N) is 2. The summed E-state index contributed by atoms with van der Waals surface area (Å²) in [5, 5.41) is 13.8. The number of hydrogen-bond donors (Lipinski definition) is 3. The number of aromatic carboxylic acids is 1. The summed E-state index contributed by atoms with van der Waals surface area (Å²) in [6.07, 6.45) is 4.37. The van der Waals surface area contributed by atoms with Gasteiger partial charge in [0.2, 0.25) is 0 Å². The van der Waals surface area contributed by atoms with Gasteiger partial charge >= 0.3 is 12.0 Å².